The van der Waals surface area contributed by atoms with Gasteiger partial charge in [-0.05, 0) is 49.2 Å². The van der Waals surface area contributed by atoms with E-state index in [1.807, 2.05) is 12.4 Å². The summed E-state index contributed by atoms with van der Waals surface area (Å²) in [6.07, 6.45) is 8.53. The van der Waals surface area contributed by atoms with E-state index in [0.717, 1.165) is 47.5 Å². The van der Waals surface area contributed by atoms with Crippen molar-refractivity contribution in [2.45, 2.75) is 13.3 Å². The van der Waals surface area contributed by atoms with Crippen molar-refractivity contribution in [3.8, 4) is 6.07 Å². The van der Waals surface area contributed by atoms with Crippen LogP contribution in [-0.2, 0) is 0 Å². The van der Waals surface area contributed by atoms with Gasteiger partial charge < -0.3 is 15.6 Å². The number of hydrogen-bond donors (Lipinski definition) is 3. The van der Waals surface area contributed by atoms with Crippen LogP contribution in [0.4, 0.5) is 11.4 Å². The smallest absolute Gasteiger partial charge is 0.103 e. The van der Waals surface area contributed by atoms with Gasteiger partial charge in [-0.1, -0.05) is 6.08 Å². The van der Waals surface area contributed by atoms with Gasteiger partial charge in [0.2, 0.25) is 0 Å². The Morgan fingerprint density at radius 1 is 1.24 bits per heavy atom. The van der Waals surface area contributed by atoms with E-state index in [-0.39, 0.29) is 0 Å². The second-order valence-electron chi connectivity index (χ2n) is 6.21. The third-order valence-electron chi connectivity index (χ3n) is 4.74. The standard InChI is InChI=1S/C20H19N5/c1-13-16-6-9-24-19(16)3-2-18(13)25-20-15(10-21)11-23-12-17(20)14-4-7-22-8-5-14/h2-4,6,9,11-12,22,24H,5,7-8H2,1H3,(H,23,25). The van der Waals surface area contributed by atoms with Gasteiger partial charge in [-0.3, -0.25) is 4.98 Å². The summed E-state index contributed by atoms with van der Waals surface area (Å²) in [7, 11) is 0. The minimum atomic E-state index is 0.561. The van der Waals surface area contributed by atoms with E-state index in [1.165, 1.54) is 11.0 Å². The number of H-pyrrole nitrogens is 1. The Kier molecular flexibility index (Phi) is 3.96. The lowest BCUT2D eigenvalue weighted by Gasteiger charge is -2.19. The summed E-state index contributed by atoms with van der Waals surface area (Å²) < 4.78 is 0. The molecule has 0 aliphatic carbocycles. The number of fused-ring (bicyclic) bond motifs is 1. The molecular formula is C20H19N5. The fourth-order valence-electron chi connectivity index (χ4n) is 3.34. The van der Waals surface area contributed by atoms with Crippen LogP contribution in [0.3, 0.4) is 0 Å². The minimum absolute atomic E-state index is 0.561. The number of pyridine rings is 1. The molecule has 3 aromatic rings. The molecule has 0 fully saturated rings. The number of benzene rings is 1. The van der Waals surface area contributed by atoms with E-state index in [4.69, 9.17) is 0 Å². The highest BCUT2D eigenvalue weighted by Gasteiger charge is 2.16. The SMILES string of the molecule is Cc1c(Nc2c(C#N)cncc2C2=CCNCC2)ccc2[nH]ccc12. The zero-order valence-electron chi connectivity index (χ0n) is 14.1. The molecule has 0 saturated heterocycles. The van der Waals surface area contributed by atoms with Crippen molar-refractivity contribution in [1.29, 1.82) is 5.26 Å². The molecule has 2 aromatic heterocycles. The molecule has 5 nitrogen and oxygen atoms in total. The van der Waals surface area contributed by atoms with Gasteiger partial charge in [0.05, 0.1) is 11.3 Å². The van der Waals surface area contributed by atoms with Crippen molar-refractivity contribution in [2.75, 3.05) is 18.4 Å². The number of hydrogen-bond acceptors (Lipinski definition) is 4. The number of nitrogens with one attached hydrogen (secondary N) is 3. The first-order valence-electron chi connectivity index (χ1n) is 8.40. The van der Waals surface area contributed by atoms with Gasteiger partial charge in [0.1, 0.15) is 6.07 Å². The molecule has 3 N–H and O–H groups in total. The molecule has 0 bridgehead atoms. The van der Waals surface area contributed by atoms with E-state index in [0.29, 0.717) is 5.56 Å². The molecule has 0 saturated carbocycles. The fraction of sp³-hybridized carbons (Fsp3) is 0.200. The molecule has 0 spiro atoms. The van der Waals surface area contributed by atoms with Gasteiger partial charge in [-0.25, -0.2) is 0 Å². The lowest BCUT2D eigenvalue weighted by molar-refractivity contribution is 0.738. The molecule has 3 heterocycles. The van der Waals surface area contributed by atoms with E-state index in [9.17, 15) is 5.26 Å². The van der Waals surface area contributed by atoms with Gasteiger partial charge in [-0.15, -0.1) is 0 Å². The second-order valence-corrected chi connectivity index (χ2v) is 6.21. The normalized spacial score (nSPS) is 14.2. The Morgan fingerprint density at radius 2 is 2.16 bits per heavy atom. The summed E-state index contributed by atoms with van der Waals surface area (Å²) in [5, 5.41) is 17.6. The van der Waals surface area contributed by atoms with Crippen LogP contribution in [0.5, 0.6) is 0 Å². The predicted molar refractivity (Wildman–Crippen MR) is 101 cm³/mol. The fourth-order valence-corrected chi connectivity index (χ4v) is 3.34. The summed E-state index contributed by atoms with van der Waals surface area (Å²) in [6.45, 7) is 3.88. The molecule has 0 amide bonds. The van der Waals surface area contributed by atoms with Crippen LogP contribution < -0.4 is 10.6 Å². The van der Waals surface area contributed by atoms with Crippen LogP contribution in [0.25, 0.3) is 16.5 Å². The van der Waals surface area contributed by atoms with E-state index in [2.05, 4.69) is 57.9 Å². The summed E-state index contributed by atoms with van der Waals surface area (Å²) in [5.74, 6) is 0. The second kappa shape index (κ2) is 6.42. The molecule has 1 aliphatic heterocycles. The van der Waals surface area contributed by atoms with Crippen LogP contribution in [0.2, 0.25) is 0 Å². The highest BCUT2D eigenvalue weighted by atomic mass is 14.9. The largest absolute Gasteiger partial charge is 0.361 e. The number of aromatic nitrogens is 2. The molecule has 5 heteroatoms. The van der Waals surface area contributed by atoms with Gasteiger partial charge in [0.15, 0.2) is 0 Å². The van der Waals surface area contributed by atoms with Crippen LogP contribution in [-0.4, -0.2) is 23.1 Å². The van der Waals surface area contributed by atoms with Crippen LogP contribution in [0.1, 0.15) is 23.1 Å². The Bertz CT molecular complexity index is 1010. The first-order chi connectivity index (χ1) is 12.3. The average molecular weight is 329 g/mol. The number of nitrogens with zero attached hydrogens (tertiary/aromatic N) is 2. The van der Waals surface area contributed by atoms with Crippen LogP contribution >= 0.6 is 0 Å². The van der Waals surface area contributed by atoms with Gasteiger partial charge in [-0.2, -0.15) is 5.26 Å². The Morgan fingerprint density at radius 3 is 2.96 bits per heavy atom. The number of aryl methyl sites for hydroxylation is 1. The van der Waals surface area contributed by atoms with Crippen molar-refractivity contribution < 1.29 is 0 Å². The first kappa shape index (κ1) is 15.4. The van der Waals surface area contributed by atoms with Crippen LogP contribution in [0, 0.1) is 18.3 Å². The maximum Gasteiger partial charge on any atom is 0.103 e. The average Bonchev–Trinajstić information content (AvgIpc) is 3.14. The number of nitriles is 1. The molecule has 1 aliphatic rings. The van der Waals surface area contributed by atoms with E-state index >= 15 is 0 Å². The topological polar surface area (TPSA) is 76.5 Å². The Hall–Kier alpha value is -3.10. The molecule has 4 rings (SSSR count). The third kappa shape index (κ3) is 2.77. The highest BCUT2D eigenvalue weighted by molar-refractivity contribution is 5.90. The number of aromatic amines is 1. The molecule has 1 aromatic carbocycles. The lowest BCUT2D eigenvalue weighted by atomic mass is 9.98. The van der Waals surface area contributed by atoms with Crippen molar-refractivity contribution in [3.63, 3.8) is 0 Å². The molecular weight excluding hydrogens is 310 g/mol. The van der Waals surface area contributed by atoms with Crippen LogP contribution in [0.15, 0.2) is 42.9 Å². The molecule has 25 heavy (non-hydrogen) atoms. The van der Waals surface area contributed by atoms with Crippen molar-refractivity contribution in [2.24, 2.45) is 0 Å². The maximum absolute atomic E-state index is 9.56. The predicted octanol–water partition coefficient (Wildman–Crippen LogP) is 3.86. The third-order valence-corrected chi connectivity index (χ3v) is 4.74. The molecule has 0 atom stereocenters. The quantitative estimate of drug-likeness (QED) is 0.682. The Labute approximate surface area is 146 Å². The zero-order chi connectivity index (χ0) is 17.2. The minimum Gasteiger partial charge on any atom is -0.361 e. The number of rotatable bonds is 3. The van der Waals surface area contributed by atoms with Crippen molar-refractivity contribution in [1.82, 2.24) is 15.3 Å². The van der Waals surface area contributed by atoms with E-state index in [1.54, 1.807) is 6.20 Å². The summed E-state index contributed by atoms with van der Waals surface area (Å²) >= 11 is 0. The van der Waals surface area contributed by atoms with Gasteiger partial charge in [0.25, 0.3) is 0 Å². The van der Waals surface area contributed by atoms with Crippen molar-refractivity contribution >= 4 is 27.9 Å². The summed E-state index contributed by atoms with van der Waals surface area (Å²) in [6, 6.07) is 8.46. The lowest BCUT2D eigenvalue weighted by Crippen LogP contribution is -2.20. The molecule has 124 valence electrons. The van der Waals surface area contributed by atoms with Gasteiger partial charge in [0, 0.05) is 47.3 Å². The van der Waals surface area contributed by atoms with Crippen molar-refractivity contribution in [3.05, 3.63) is 59.6 Å². The number of anilines is 2. The summed E-state index contributed by atoms with van der Waals surface area (Å²) in [5.41, 5.74) is 6.91. The monoisotopic (exact) mass is 329 g/mol. The molecule has 0 radical (unpaired) electrons. The first-order valence-corrected chi connectivity index (χ1v) is 8.40. The summed E-state index contributed by atoms with van der Waals surface area (Å²) in [4.78, 5) is 7.50. The Balaban J connectivity index is 1.82. The molecule has 0 unspecified atom stereocenters. The highest BCUT2D eigenvalue weighted by Crippen LogP contribution is 2.34. The maximum atomic E-state index is 9.56. The van der Waals surface area contributed by atoms with Gasteiger partial charge >= 0.3 is 0 Å². The zero-order valence-corrected chi connectivity index (χ0v) is 14.1. The van der Waals surface area contributed by atoms with E-state index < -0.39 is 0 Å².